The molecule has 4 heteroatoms. The highest BCUT2D eigenvalue weighted by atomic mass is 16.6. The summed E-state index contributed by atoms with van der Waals surface area (Å²) in [6, 6.07) is 0. The van der Waals surface area contributed by atoms with E-state index >= 15 is 0 Å². The first-order valence-electron chi connectivity index (χ1n) is 6.49. The molecule has 0 N–H and O–H groups in total. The Bertz CT molecular complexity index is 342. The summed E-state index contributed by atoms with van der Waals surface area (Å²) in [6.45, 7) is 14.7. The fraction of sp³-hybridized carbons (Fsp3) is 0.733. The quantitative estimate of drug-likeness (QED) is 0.567. The van der Waals surface area contributed by atoms with Gasteiger partial charge in [0.25, 0.3) is 0 Å². The summed E-state index contributed by atoms with van der Waals surface area (Å²) in [4.78, 5) is 23.0. The monoisotopic (exact) mass is 270 g/mol. The van der Waals surface area contributed by atoms with Crippen molar-refractivity contribution < 1.29 is 19.1 Å². The summed E-state index contributed by atoms with van der Waals surface area (Å²) >= 11 is 0. The molecule has 0 aliphatic rings. The van der Waals surface area contributed by atoms with Crippen molar-refractivity contribution in [2.45, 2.75) is 72.0 Å². The van der Waals surface area contributed by atoms with Crippen LogP contribution in [0.4, 0.5) is 0 Å². The van der Waals surface area contributed by atoms with Crippen molar-refractivity contribution in [3.8, 4) is 0 Å². The zero-order valence-corrected chi connectivity index (χ0v) is 13.0. The van der Waals surface area contributed by atoms with E-state index in [4.69, 9.17) is 9.47 Å². The van der Waals surface area contributed by atoms with E-state index in [0.29, 0.717) is 12.0 Å². The van der Waals surface area contributed by atoms with E-state index < -0.39 is 11.2 Å². The summed E-state index contributed by atoms with van der Waals surface area (Å²) in [7, 11) is 0. The van der Waals surface area contributed by atoms with Gasteiger partial charge in [-0.25, -0.2) is 0 Å². The van der Waals surface area contributed by atoms with E-state index in [1.54, 1.807) is 0 Å². The summed E-state index contributed by atoms with van der Waals surface area (Å²) in [6.07, 6.45) is 0.813. The second-order valence-electron chi connectivity index (χ2n) is 6.60. The molecule has 0 aromatic rings. The maximum absolute atomic E-state index is 11.5. The highest BCUT2D eigenvalue weighted by Crippen LogP contribution is 2.15. The second-order valence-corrected chi connectivity index (χ2v) is 6.60. The molecule has 0 saturated carbocycles. The molecule has 0 aromatic carbocycles. The lowest BCUT2D eigenvalue weighted by molar-refractivity contribution is -0.156. The van der Waals surface area contributed by atoms with Crippen LogP contribution < -0.4 is 0 Å². The van der Waals surface area contributed by atoms with E-state index in [1.807, 2.05) is 41.5 Å². The van der Waals surface area contributed by atoms with Gasteiger partial charge in [0.15, 0.2) is 0 Å². The number of esters is 2. The smallest absolute Gasteiger partial charge is 0.310 e. The molecule has 0 aliphatic heterocycles. The first kappa shape index (κ1) is 17.7. The molecule has 19 heavy (non-hydrogen) atoms. The van der Waals surface area contributed by atoms with Crippen molar-refractivity contribution in [2.75, 3.05) is 0 Å². The number of hydrogen-bond acceptors (Lipinski definition) is 4. The average Bonchev–Trinajstić information content (AvgIpc) is 2.08. The summed E-state index contributed by atoms with van der Waals surface area (Å²) in [5, 5.41) is 0. The van der Waals surface area contributed by atoms with Gasteiger partial charge in [-0.3, -0.25) is 9.59 Å². The highest BCUT2D eigenvalue weighted by molar-refractivity contribution is 5.74. The van der Waals surface area contributed by atoms with Gasteiger partial charge in [0.05, 0.1) is 6.42 Å². The van der Waals surface area contributed by atoms with Gasteiger partial charge in [-0.2, -0.15) is 0 Å². The third-order valence-electron chi connectivity index (χ3n) is 1.92. The van der Waals surface area contributed by atoms with Gasteiger partial charge in [-0.05, 0) is 48.0 Å². The van der Waals surface area contributed by atoms with Gasteiger partial charge >= 0.3 is 11.9 Å². The molecule has 0 saturated heterocycles. The predicted molar refractivity (Wildman–Crippen MR) is 74.7 cm³/mol. The van der Waals surface area contributed by atoms with E-state index in [2.05, 4.69) is 6.58 Å². The molecule has 0 heterocycles. The zero-order valence-electron chi connectivity index (χ0n) is 13.0. The first-order valence-corrected chi connectivity index (χ1v) is 6.49. The standard InChI is InChI=1S/C15H26O4/c1-11(10-13(17)19-15(5,6)7)8-9-12(16)18-14(2,3)4/h1,8-10H2,2-7H3. The summed E-state index contributed by atoms with van der Waals surface area (Å²) < 4.78 is 10.4. The third-order valence-corrected chi connectivity index (χ3v) is 1.92. The number of carbonyl (C=O) groups excluding carboxylic acids is 2. The van der Waals surface area contributed by atoms with Gasteiger partial charge in [0, 0.05) is 6.42 Å². The molecular weight excluding hydrogens is 244 g/mol. The Morgan fingerprint density at radius 1 is 0.842 bits per heavy atom. The largest absolute Gasteiger partial charge is 0.460 e. The van der Waals surface area contributed by atoms with Crippen LogP contribution >= 0.6 is 0 Å². The Morgan fingerprint density at radius 3 is 1.68 bits per heavy atom. The Labute approximate surface area is 116 Å². The van der Waals surface area contributed by atoms with Gasteiger partial charge in [0.2, 0.25) is 0 Å². The number of carbonyl (C=O) groups is 2. The van der Waals surface area contributed by atoms with Crippen LogP contribution in [0.3, 0.4) is 0 Å². The zero-order chi connectivity index (χ0) is 15.3. The molecule has 0 aromatic heterocycles. The molecular formula is C15H26O4. The van der Waals surface area contributed by atoms with Gasteiger partial charge in [-0.1, -0.05) is 12.2 Å². The summed E-state index contributed by atoms with van der Waals surface area (Å²) in [5.41, 5.74) is -0.299. The van der Waals surface area contributed by atoms with Crippen molar-refractivity contribution >= 4 is 11.9 Å². The van der Waals surface area contributed by atoms with Crippen molar-refractivity contribution in [1.29, 1.82) is 0 Å². The Hall–Kier alpha value is -1.32. The van der Waals surface area contributed by atoms with Crippen molar-refractivity contribution in [2.24, 2.45) is 0 Å². The van der Waals surface area contributed by atoms with Gasteiger partial charge < -0.3 is 9.47 Å². The van der Waals surface area contributed by atoms with Crippen LogP contribution in [0.25, 0.3) is 0 Å². The van der Waals surface area contributed by atoms with Crippen molar-refractivity contribution in [3.63, 3.8) is 0 Å². The maximum atomic E-state index is 11.5. The second kappa shape index (κ2) is 6.73. The maximum Gasteiger partial charge on any atom is 0.310 e. The number of rotatable bonds is 5. The molecule has 0 spiro atoms. The van der Waals surface area contributed by atoms with Gasteiger partial charge in [0.1, 0.15) is 11.2 Å². The SMILES string of the molecule is C=C(CCC(=O)OC(C)(C)C)CC(=O)OC(C)(C)C. The molecule has 0 unspecified atom stereocenters. The highest BCUT2D eigenvalue weighted by Gasteiger charge is 2.19. The lowest BCUT2D eigenvalue weighted by Gasteiger charge is -2.20. The Morgan fingerprint density at radius 2 is 1.26 bits per heavy atom. The topological polar surface area (TPSA) is 52.6 Å². The van der Waals surface area contributed by atoms with Crippen molar-refractivity contribution in [1.82, 2.24) is 0 Å². The minimum Gasteiger partial charge on any atom is -0.460 e. The number of hydrogen-bond donors (Lipinski definition) is 0. The molecule has 0 atom stereocenters. The average molecular weight is 270 g/mol. The van der Waals surface area contributed by atoms with E-state index in [9.17, 15) is 9.59 Å². The van der Waals surface area contributed by atoms with Crippen LogP contribution in [0.2, 0.25) is 0 Å². The fourth-order valence-electron chi connectivity index (χ4n) is 1.34. The summed E-state index contributed by atoms with van der Waals surface area (Å²) in [5.74, 6) is -0.598. The third kappa shape index (κ3) is 11.5. The minimum absolute atomic E-state index is 0.139. The molecule has 110 valence electrons. The normalized spacial score (nSPS) is 11.9. The molecule has 4 nitrogen and oxygen atoms in total. The molecule has 0 aliphatic carbocycles. The van der Waals surface area contributed by atoms with E-state index in [1.165, 1.54) is 0 Å². The molecule has 0 rings (SSSR count). The molecule has 0 bridgehead atoms. The van der Waals surface area contributed by atoms with Crippen LogP contribution in [0.1, 0.15) is 60.8 Å². The minimum atomic E-state index is -0.497. The van der Waals surface area contributed by atoms with E-state index in [-0.39, 0.29) is 24.8 Å². The van der Waals surface area contributed by atoms with Crippen LogP contribution in [0.5, 0.6) is 0 Å². The fourth-order valence-corrected chi connectivity index (χ4v) is 1.34. The Kier molecular flexibility index (Phi) is 6.27. The molecule has 0 fully saturated rings. The lowest BCUT2D eigenvalue weighted by atomic mass is 10.1. The van der Waals surface area contributed by atoms with E-state index in [0.717, 1.165) is 0 Å². The predicted octanol–water partition coefficient (Wildman–Crippen LogP) is 3.40. The number of ether oxygens (including phenoxy) is 2. The van der Waals surface area contributed by atoms with Crippen LogP contribution in [-0.4, -0.2) is 23.1 Å². The Balaban J connectivity index is 4.00. The van der Waals surface area contributed by atoms with Crippen LogP contribution in [0, 0.1) is 0 Å². The van der Waals surface area contributed by atoms with Crippen LogP contribution in [0.15, 0.2) is 12.2 Å². The van der Waals surface area contributed by atoms with Crippen molar-refractivity contribution in [3.05, 3.63) is 12.2 Å². The molecule has 0 radical (unpaired) electrons. The van der Waals surface area contributed by atoms with Crippen LogP contribution in [-0.2, 0) is 19.1 Å². The van der Waals surface area contributed by atoms with Gasteiger partial charge in [-0.15, -0.1) is 0 Å². The lowest BCUT2D eigenvalue weighted by Crippen LogP contribution is -2.24. The first-order chi connectivity index (χ1) is 8.39. The molecule has 0 amide bonds.